The van der Waals surface area contributed by atoms with Crippen LogP contribution in [0.25, 0.3) is 22.3 Å². The minimum atomic E-state index is -0.0118. The smallest absolute Gasteiger partial charge is 0.245 e. The van der Waals surface area contributed by atoms with E-state index in [0.717, 1.165) is 48.1 Å². The lowest BCUT2D eigenvalue weighted by Crippen LogP contribution is -2.32. The number of fused-ring (bicyclic) bond motifs is 1. The standard InChI is InChI=1S/C22H24N4O2/c1-3-20(28)26-11-7-6-8-15(13-26)21-14(2)17-12-18(24-25-22(17)23-21)16-9-4-5-10-19(16)27/h3-5,9-10,12,15,27H,1,6-8,11,13H2,2H3,(H,23,25). The van der Waals surface area contributed by atoms with Crippen LogP contribution in [0.5, 0.6) is 5.75 Å². The fourth-order valence-corrected chi connectivity index (χ4v) is 4.07. The van der Waals surface area contributed by atoms with E-state index in [0.29, 0.717) is 17.8 Å². The van der Waals surface area contributed by atoms with Crippen LogP contribution < -0.4 is 0 Å². The number of aromatic amines is 1. The van der Waals surface area contributed by atoms with Gasteiger partial charge in [-0.25, -0.2) is 0 Å². The highest BCUT2D eigenvalue weighted by atomic mass is 16.3. The van der Waals surface area contributed by atoms with Crippen molar-refractivity contribution < 1.29 is 9.90 Å². The average molecular weight is 376 g/mol. The van der Waals surface area contributed by atoms with Gasteiger partial charge in [0.25, 0.3) is 0 Å². The topological polar surface area (TPSA) is 82.1 Å². The number of aryl methyl sites for hydroxylation is 1. The number of carbonyl (C=O) groups is 1. The van der Waals surface area contributed by atoms with Gasteiger partial charge in [-0.3, -0.25) is 4.79 Å². The summed E-state index contributed by atoms with van der Waals surface area (Å²) in [6, 6.07) is 9.10. The Morgan fingerprint density at radius 2 is 2.14 bits per heavy atom. The average Bonchev–Trinajstić information content (AvgIpc) is 2.89. The maximum atomic E-state index is 12.1. The van der Waals surface area contributed by atoms with Crippen molar-refractivity contribution in [3.05, 3.63) is 54.2 Å². The summed E-state index contributed by atoms with van der Waals surface area (Å²) in [6.45, 7) is 7.16. The Morgan fingerprint density at radius 3 is 2.93 bits per heavy atom. The molecule has 3 aromatic rings. The Morgan fingerprint density at radius 1 is 1.32 bits per heavy atom. The number of phenols is 1. The number of amides is 1. The first-order valence-electron chi connectivity index (χ1n) is 9.64. The first-order valence-corrected chi connectivity index (χ1v) is 9.64. The van der Waals surface area contributed by atoms with E-state index in [2.05, 4.69) is 28.7 Å². The number of benzene rings is 1. The van der Waals surface area contributed by atoms with Crippen LogP contribution in [0.15, 0.2) is 43.0 Å². The van der Waals surface area contributed by atoms with Gasteiger partial charge in [0.2, 0.25) is 5.91 Å². The molecule has 0 spiro atoms. The molecule has 1 atom stereocenters. The molecule has 1 aliphatic heterocycles. The summed E-state index contributed by atoms with van der Waals surface area (Å²) in [5.41, 5.74) is 4.28. The van der Waals surface area contributed by atoms with Crippen molar-refractivity contribution in [3.8, 4) is 17.0 Å². The number of hydrogen-bond acceptors (Lipinski definition) is 4. The Hall–Kier alpha value is -3.15. The molecule has 0 bridgehead atoms. The monoisotopic (exact) mass is 376 g/mol. The molecule has 1 fully saturated rings. The number of carbonyl (C=O) groups excluding carboxylic acids is 1. The van der Waals surface area contributed by atoms with Crippen molar-refractivity contribution in [2.75, 3.05) is 13.1 Å². The van der Waals surface area contributed by atoms with Gasteiger partial charge in [0.15, 0.2) is 5.65 Å². The van der Waals surface area contributed by atoms with Gasteiger partial charge in [-0.2, -0.15) is 0 Å². The van der Waals surface area contributed by atoms with E-state index in [1.54, 1.807) is 12.1 Å². The second-order valence-corrected chi connectivity index (χ2v) is 7.35. The zero-order valence-electron chi connectivity index (χ0n) is 16.0. The van der Waals surface area contributed by atoms with Crippen LogP contribution in [0.4, 0.5) is 0 Å². The van der Waals surface area contributed by atoms with Crippen molar-refractivity contribution in [2.45, 2.75) is 32.1 Å². The fourth-order valence-electron chi connectivity index (χ4n) is 4.07. The largest absolute Gasteiger partial charge is 0.507 e. The van der Waals surface area contributed by atoms with E-state index in [1.165, 1.54) is 6.08 Å². The van der Waals surface area contributed by atoms with Gasteiger partial charge in [-0.05, 0) is 49.6 Å². The predicted molar refractivity (Wildman–Crippen MR) is 109 cm³/mol. The number of hydrogen-bond donors (Lipinski definition) is 2. The van der Waals surface area contributed by atoms with Gasteiger partial charge in [0.1, 0.15) is 5.75 Å². The summed E-state index contributed by atoms with van der Waals surface area (Å²) in [5.74, 6) is 0.406. The molecule has 6 heteroatoms. The van der Waals surface area contributed by atoms with Crippen LogP contribution in [-0.2, 0) is 4.79 Å². The molecule has 1 aliphatic rings. The van der Waals surface area contributed by atoms with E-state index in [-0.39, 0.29) is 17.6 Å². The lowest BCUT2D eigenvalue weighted by molar-refractivity contribution is -0.126. The molecule has 1 unspecified atom stereocenters. The van der Waals surface area contributed by atoms with Gasteiger partial charge in [-0.15, -0.1) is 10.2 Å². The summed E-state index contributed by atoms with van der Waals surface area (Å²) in [4.78, 5) is 17.5. The molecule has 0 radical (unpaired) electrons. The van der Waals surface area contributed by atoms with Crippen LogP contribution in [0, 0.1) is 6.92 Å². The van der Waals surface area contributed by atoms with Crippen molar-refractivity contribution >= 4 is 16.9 Å². The highest BCUT2D eigenvalue weighted by Crippen LogP contribution is 2.34. The first-order chi connectivity index (χ1) is 13.6. The highest BCUT2D eigenvalue weighted by Gasteiger charge is 2.25. The van der Waals surface area contributed by atoms with E-state index >= 15 is 0 Å². The maximum absolute atomic E-state index is 12.1. The van der Waals surface area contributed by atoms with Crippen LogP contribution >= 0.6 is 0 Å². The Balaban J connectivity index is 1.72. The summed E-state index contributed by atoms with van der Waals surface area (Å²) >= 11 is 0. The number of phenolic OH excluding ortho intramolecular Hbond substituents is 1. The second kappa shape index (κ2) is 7.46. The number of rotatable bonds is 3. The van der Waals surface area contributed by atoms with E-state index in [4.69, 9.17) is 0 Å². The zero-order chi connectivity index (χ0) is 19.7. The molecule has 1 amide bonds. The molecule has 0 aliphatic carbocycles. The molecule has 1 aromatic carbocycles. The van der Waals surface area contributed by atoms with E-state index in [9.17, 15) is 9.90 Å². The number of para-hydroxylation sites is 1. The molecule has 144 valence electrons. The van der Waals surface area contributed by atoms with Crippen LogP contribution in [0.1, 0.15) is 36.4 Å². The lowest BCUT2D eigenvalue weighted by atomic mass is 9.96. The number of nitrogens with one attached hydrogen (secondary N) is 1. The molecule has 2 N–H and O–H groups in total. The molecule has 0 saturated carbocycles. The van der Waals surface area contributed by atoms with Crippen molar-refractivity contribution in [1.29, 1.82) is 0 Å². The first kappa shape index (κ1) is 18.2. The van der Waals surface area contributed by atoms with Crippen LogP contribution in [-0.4, -0.2) is 44.2 Å². The minimum Gasteiger partial charge on any atom is -0.507 e. The molecule has 2 aromatic heterocycles. The number of nitrogens with zero attached hydrogens (tertiary/aromatic N) is 3. The Bertz CT molecular complexity index is 1040. The van der Waals surface area contributed by atoms with Crippen LogP contribution in [0.3, 0.4) is 0 Å². The van der Waals surface area contributed by atoms with Gasteiger partial charge in [0.05, 0.1) is 5.69 Å². The second-order valence-electron chi connectivity index (χ2n) is 7.35. The third kappa shape index (κ3) is 3.26. The van der Waals surface area contributed by atoms with Crippen molar-refractivity contribution in [3.63, 3.8) is 0 Å². The summed E-state index contributed by atoms with van der Waals surface area (Å²) in [7, 11) is 0. The SMILES string of the molecule is C=CC(=O)N1CCCCC(c2[nH]c3nnc(-c4ccccc4O)cc3c2C)C1. The predicted octanol–water partition coefficient (Wildman–Crippen LogP) is 3.92. The molecule has 1 saturated heterocycles. The zero-order valence-corrected chi connectivity index (χ0v) is 16.0. The van der Waals surface area contributed by atoms with E-state index < -0.39 is 0 Å². The van der Waals surface area contributed by atoms with Gasteiger partial charge in [-0.1, -0.05) is 25.1 Å². The molecule has 4 rings (SSSR count). The van der Waals surface area contributed by atoms with Gasteiger partial charge >= 0.3 is 0 Å². The highest BCUT2D eigenvalue weighted by molar-refractivity contribution is 5.87. The van der Waals surface area contributed by atoms with E-state index in [1.807, 2.05) is 23.1 Å². The minimum absolute atomic E-state index is 0.0118. The number of H-pyrrole nitrogens is 1. The Labute approximate surface area is 163 Å². The maximum Gasteiger partial charge on any atom is 0.245 e. The number of aromatic nitrogens is 3. The summed E-state index contributed by atoms with van der Waals surface area (Å²) in [6.07, 6.45) is 4.50. The molecular formula is C22H24N4O2. The third-order valence-corrected chi connectivity index (χ3v) is 5.60. The molecule has 6 nitrogen and oxygen atoms in total. The van der Waals surface area contributed by atoms with Crippen molar-refractivity contribution in [2.24, 2.45) is 0 Å². The van der Waals surface area contributed by atoms with Gasteiger partial charge in [0, 0.05) is 35.7 Å². The van der Waals surface area contributed by atoms with Crippen molar-refractivity contribution in [1.82, 2.24) is 20.1 Å². The fraction of sp³-hybridized carbons (Fsp3) is 0.318. The molecule has 3 heterocycles. The molecule has 28 heavy (non-hydrogen) atoms. The lowest BCUT2D eigenvalue weighted by Gasteiger charge is -2.23. The summed E-state index contributed by atoms with van der Waals surface area (Å²) < 4.78 is 0. The molecular weight excluding hydrogens is 352 g/mol. The summed E-state index contributed by atoms with van der Waals surface area (Å²) in [5, 5.41) is 19.8. The number of aromatic hydroxyl groups is 1. The Kier molecular flexibility index (Phi) is 4.86. The quantitative estimate of drug-likeness (QED) is 0.679. The normalized spacial score (nSPS) is 17.5. The van der Waals surface area contributed by atoms with Gasteiger partial charge < -0.3 is 15.0 Å². The number of likely N-dealkylation sites (tertiary alicyclic amines) is 1. The van der Waals surface area contributed by atoms with Crippen LogP contribution in [0.2, 0.25) is 0 Å². The third-order valence-electron chi connectivity index (χ3n) is 5.60.